The Labute approximate surface area is 126 Å². The van der Waals surface area contributed by atoms with Crippen LogP contribution in [0, 0.1) is 0 Å². The standard InChI is InChI=1S/C15H23N3O2S/c1-11(16)12-4-2-5-13(10-12)21(19,20)17-14-7-9-18-8-3-6-15(14)18/h2,4-5,10-11,14-15,17H,3,6-9,16H2,1H3. The molecule has 0 amide bonds. The lowest BCUT2D eigenvalue weighted by molar-refractivity contribution is 0.309. The lowest BCUT2D eigenvalue weighted by Crippen LogP contribution is -2.42. The zero-order valence-electron chi connectivity index (χ0n) is 12.3. The molecule has 3 atom stereocenters. The molecule has 2 fully saturated rings. The van der Waals surface area contributed by atoms with Gasteiger partial charge in [0.05, 0.1) is 4.90 Å². The SMILES string of the molecule is CC(N)c1cccc(S(=O)(=O)NC2CCN3CCCC23)c1. The summed E-state index contributed by atoms with van der Waals surface area (Å²) in [6.07, 6.45) is 3.16. The second-order valence-corrected chi connectivity index (χ2v) is 7.84. The summed E-state index contributed by atoms with van der Waals surface area (Å²) in [6.45, 7) is 3.95. The van der Waals surface area contributed by atoms with Crippen LogP contribution >= 0.6 is 0 Å². The Morgan fingerprint density at radius 1 is 1.33 bits per heavy atom. The summed E-state index contributed by atoms with van der Waals surface area (Å²) in [4.78, 5) is 2.71. The van der Waals surface area contributed by atoms with Crippen LogP contribution in [0.5, 0.6) is 0 Å². The number of hydrogen-bond acceptors (Lipinski definition) is 4. The zero-order valence-corrected chi connectivity index (χ0v) is 13.1. The summed E-state index contributed by atoms with van der Waals surface area (Å²) in [7, 11) is -3.47. The number of sulfonamides is 1. The fraction of sp³-hybridized carbons (Fsp3) is 0.600. The average Bonchev–Trinajstić information content (AvgIpc) is 3.04. The number of benzene rings is 1. The number of rotatable bonds is 4. The number of nitrogens with two attached hydrogens (primary N) is 1. The quantitative estimate of drug-likeness (QED) is 0.877. The second-order valence-electron chi connectivity index (χ2n) is 6.12. The Bertz CT molecular complexity index is 615. The Morgan fingerprint density at radius 2 is 2.14 bits per heavy atom. The van der Waals surface area contributed by atoms with Crippen molar-refractivity contribution in [3.63, 3.8) is 0 Å². The molecular formula is C15H23N3O2S. The third kappa shape index (κ3) is 2.99. The van der Waals surface area contributed by atoms with Crippen molar-refractivity contribution in [3.8, 4) is 0 Å². The van der Waals surface area contributed by atoms with Gasteiger partial charge in [0.2, 0.25) is 10.0 Å². The fourth-order valence-corrected chi connectivity index (χ4v) is 4.81. The van der Waals surface area contributed by atoms with Crippen LogP contribution in [-0.4, -0.2) is 38.5 Å². The number of nitrogens with zero attached hydrogens (tertiary/aromatic N) is 1. The van der Waals surface area contributed by atoms with Gasteiger partial charge in [0, 0.05) is 24.7 Å². The van der Waals surface area contributed by atoms with Crippen LogP contribution in [0.4, 0.5) is 0 Å². The first-order valence-electron chi connectivity index (χ1n) is 7.59. The predicted molar refractivity (Wildman–Crippen MR) is 82.4 cm³/mol. The van der Waals surface area contributed by atoms with E-state index in [2.05, 4.69) is 9.62 Å². The van der Waals surface area contributed by atoms with Gasteiger partial charge in [0.15, 0.2) is 0 Å². The molecule has 2 aliphatic rings. The van der Waals surface area contributed by atoms with E-state index in [4.69, 9.17) is 5.73 Å². The first-order valence-corrected chi connectivity index (χ1v) is 9.07. The molecular weight excluding hydrogens is 286 g/mol. The van der Waals surface area contributed by atoms with E-state index < -0.39 is 10.0 Å². The van der Waals surface area contributed by atoms with E-state index in [1.807, 2.05) is 13.0 Å². The minimum Gasteiger partial charge on any atom is -0.324 e. The number of fused-ring (bicyclic) bond motifs is 1. The van der Waals surface area contributed by atoms with E-state index in [1.165, 1.54) is 6.42 Å². The van der Waals surface area contributed by atoms with Gasteiger partial charge in [0.1, 0.15) is 0 Å². The molecule has 3 N–H and O–H groups in total. The fourth-order valence-electron chi connectivity index (χ4n) is 3.45. The van der Waals surface area contributed by atoms with Crippen LogP contribution in [0.2, 0.25) is 0 Å². The van der Waals surface area contributed by atoms with Gasteiger partial charge in [-0.3, -0.25) is 4.90 Å². The van der Waals surface area contributed by atoms with E-state index in [9.17, 15) is 8.42 Å². The molecule has 0 radical (unpaired) electrons. The second kappa shape index (κ2) is 5.68. The van der Waals surface area contributed by atoms with Crippen LogP contribution in [0.3, 0.4) is 0 Å². The zero-order chi connectivity index (χ0) is 15.0. The summed E-state index contributed by atoms with van der Waals surface area (Å²) < 4.78 is 28.1. The van der Waals surface area contributed by atoms with Gasteiger partial charge in [-0.2, -0.15) is 0 Å². The van der Waals surface area contributed by atoms with Gasteiger partial charge >= 0.3 is 0 Å². The monoisotopic (exact) mass is 309 g/mol. The first kappa shape index (κ1) is 15.0. The van der Waals surface area contributed by atoms with Crippen LogP contribution < -0.4 is 10.5 Å². The molecule has 2 heterocycles. The molecule has 3 unspecified atom stereocenters. The van der Waals surface area contributed by atoms with E-state index in [1.54, 1.807) is 18.2 Å². The smallest absolute Gasteiger partial charge is 0.240 e. The van der Waals surface area contributed by atoms with E-state index in [-0.39, 0.29) is 12.1 Å². The van der Waals surface area contributed by atoms with E-state index in [0.29, 0.717) is 10.9 Å². The molecule has 5 nitrogen and oxygen atoms in total. The highest BCUT2D eigenvalue weighted by Gasteiger charge is 2.39. The van der Waals surface area contributed by atoms with Crippen molar-refractivity contribution in [2.45, 2.75) is 49.2 Å². The summed E-state index contributed by atoms with van der Waals surface area (Å²) in [5, 5.41) is 0. The van der Waals surface area contributed by atoms with Gasteiger partial charge in [-0.05, 0) is 50.4 Å². The molecule has 116 valence electrons. The third-order valence-electron chi connectivity index (χ3n) is 4.61. The minimum atomic E-state index is -3.47. The van der Waals surface area contributed by atoms with Crippen molar-refractivity contribution in [1.82, 2.24) is 9.62 Å². The molecule has 1 aromatic rings. The molecule has 2 saturated heterocycles. The topological polar surface area (TPSA) is 75.4 Å². The van der Waals surface area contributed by atoms with Gasteiger partial charge in [-0.15, -0.1) is 0 Å². The summed E-state index contributed by atoms with van der Waals surface area (Å²) in [5.41, 5.74) is 6.68. The summed E-state index contributed by atoms with van der Waals surface area (Å²) in [5.74, 6) is 0. The molecule has 21 heavy (non-hydrogen) atoms. The van der Waals surface area contributed by atoms with Gasteiger partial charge in [-0.25, -0.2) is 13.1 Å². The van der Waals surface area contributed by atoms with Crippen molar-refractivity contribution < 1.29 is 8.42 Å². The Kier molecular flexibility index (Phi) is 4.05. The lowest BCUT2D eigenvalue weighted by Gasteiger charge is -2.21. The molecule has 0 saturated carbocycles. The van der Waals surface area contributed by atoms with Crippen molar-refractivity contribution in [2.75, 3.05) is 13.1 Å². The third-order valence-corrected chi connectivity index (χ3v) is 6.09. The van der Waals surface area contributed by atoms with Crippen LogP contribution in [0.15, 0.2) is 29.2 Å². The minimum absolute atomic E-state index is 0.0384. The average molecular weight is 309 g/mol. The Hall–Kier alpha value is -0.950. The van der Waals surface area contributed by atoms with Gasteiger partial charge in [-0.1, -0.05) is 12.1 Å². The van der Waals surface area contributed by atoms with E-state index >= 15 is 0 Å². The predicted octanol–water partition coefficient (Wildman–Crippen LogP) is 1.22. The highest BCUT2D eigenvalue weighted by Crippen LogP contribution is 2.29. The van der Waals surface area contributed by atoms with Crippen molar-refractivity contribution in [3.05, 3.63) is 29.8 Å². The normalized spacial score (nSPS) is 27.7. The first-order chi connectivity index (χ1) is 9.97. The molecule has 0 spiro atoms. The molecule has 3 rings (SSSR count). The van der Waals surface area contributed by atoms with Crippen molar-refractivity contribution >= 4 is 10.0 Å². The highest BCUT2D eigenvalue weighted by molar-refractivity contribution is 7.89. The number of nitrogens with one attached hydrogen (secondary N) is 1. The molecule has 2 aliphatic heterocycles. The lowest BCUT2D eigenvalue weighted by atomic mass is 10.1. The largest absolute Gasteiger partial charge is 0.324 e. The van der Waals surface area contributed by atoms with Crippen molar-refractivity contribution in [1.29, 1.82) is 0 Å². The number of hydrogen-bond donors (Lipinski definition) is 2. The van der Waals surface area contributed by atoms with Crippen molar-refractivity contribution in [2.24, 2.45) is 5.73 Å². The molecule has 0 aliphatic carbocycles. The van der Waals surface area contributed by atoms with Gasteiger partial charge < -0.3 is 5.73 Å². The maximum Gasteiger partial charge on any atom is 0.240 e. The molecule has 1 aromatic carbocycles. The summed E-state index contributed by atoms with van der Waals surface area (Å²) >= 11 is 0. The van der Waals surface area contributed by atoms with E-state index in [0.717, 1.165) is 31.5 Å². The van der Waals surface area contributed by atoms with Crippen LogP contribution in [0.25, 0.3) is 0 Å². The van der Waals surface area contributed by atoms with Crippen LogP contribution in [-0.2, 0) is 10.0 Å². The Balaban J connectivity index is 1.79. The van der Waals surface area contributed by atoms with Gasteiger partial charge in [0.25, 0.3) is 0 Å². The summed E-state index contributed by atoms with van der Waals surface area (Å²) in [6, 6.07) is 7.16. The molecule has 6 heteroatoms. The molecule has 0 bridgehead atoms. The molecule has 0 aromatic heterocycles. The highest BCUT2D eigenvalue weighted by atomic mass is 32.2. The maximum absolute atomic E-state index is 12.6. The van der Waals surface area contributed by atoms with Crippen LogP contribution in [0.1, 0.15) is 37.8 Å². The Morgan fingerprint density at radius 3 is 2.90 bits per heavy atom. The maximum atomic E-state index is 12.6.